The first-order chi connectivity index (χ1) is 11.1. The van der Waals surface area contributed by atoms with E-state index in [4.69, 9.17) is 0 Å². The molecule has 0 aromatic heterocycles. The SMILES string of the molecule is C=C(C)C(=O)NC(=O)CCCCCCCC=CCCCCCC. The first kappa shape index (κ1) is 21.6. The van der Waals surface area contributed by atoms with Gasteiger partial charge < -0.3 is 0 Å². The van der Waals surface area contributed by atoms with Gasteiger partial charge >= 0.3 is 0 Å². The molecule has 0 atom stereocenters. The van der Waals surface area contributed by atoms with Crippen molar-refractivity contribution < 1.29 is 9.59 Å². The van der Waals surface area contributed by atoms with Crippen molar-refractivity contribution in [1.82, 2.24) is 5.32 Å². The number of rotatable bonds is 14. The van der Waals surface area contributed by atoms with Crippen molar-refractivity contribution in [3.05, 3.63) is 24.3 Å². The largest absolute Gasteiger partial charge is 0.293 e. The summed E-state index contributed by atoms with van der Waals surface area (Å²) in [6, 6.07) is 0. The Hall–Kier alpha value is -1.38. The third-order valence-corrected chi connectivity index (χ3v) is 3.81. The number of unbranched alkanes of at least 4 members (excludes halogenated alkanes) is 9. The summed E-state index contributed by atoms with van der Waals surface area (Å²) in [6.07, 6.45) is 18.3. The second-order valence-corrected chi connectivity index (χ2v) is 6.28. The van der Waals surface area contributed by atoms with E-state index in [1.807, 2.05) is 0 Å². The number of imide groups is 1. The monoisotopic (exact) mass is 321 g/mol. The van der Waals surface area contributed by atoms with Gasteiger partial charge in [-0.2, -0.15) is 0 Å². The molecule has 0 aliphatic heterocycles. The lowest BCUT2D eigenvalue weighted by molar-refractivity contribution is -0.128. The summed E-state index contributed by atoms with van der Waals surface area (Å²) in [4.78, 5) is 22.7. The molecule has 0 saturated carbocycles. The van der Waals surface area contributed by atoms with E-state index in [0.717, 1.165) is 19.3 Å². The van der Waals surface area contributed by atoms with Crippen molar-refractivity contribution in [1.29, 1.82) is 0 Å². The minimum Gasteiger partial charge on any atom is -0.293 e. The Morgan fingerprint density at radius 2 is 1.39 bits per heavy atom. The third-order valence-electron chi connectivity index (χ3n) is 3.81. The van der Waals surface area contributed by atoms with E-state index in [2.05, 4.69) is 31.0 Å². The van der Waals surface area contributed by atoms with Crippen LogP contribution in [0.25, 0.3) is 0 Å². The first-order valence-electron chi connectivity index (χ1n) is 9.22. The van der Waals surface area contributed by atoms with Gasteiger partial charge in [0.1, 0.15) is 0 Å². The van der Waals surface area contributed by atoms with Gasteiger partial charge in [-0.3, -0.25) is 14.9 Å². The van der Waals surface area contributed by atoms with Crippen LogP contribution in [0, 0.1) is 0 Å². The molecule has 1 N–H and O–H groups in total. The summed E-state index contributed by atoms with van der Waals surface area (Å²) in [5.74, 6) is -0.555. The molecule has 0 aliphatic carbocycles. The second kappa shape index (κ2) is 15.5. The van der Waals surface area contributed by atoms with E-state index in [-0.39, 0.29) is 11.8 Å². The average molecular weight is 322 g/mol. The summed E-state index contributed by atoms with van der Waals surface area (Å²) in [7, 11) is 0. The summed E-state index contributed by atoms with van der Waals surface area (Å²) >= 11 is 0. The van der Waals surface area contributed by atoms with Crippen molar-refractivity contribution >= 4 is 11.8 Å². The smallest absolute Gasteiger partial charge is 0.252 e. The van der Waals surface area contributed by atoms with Crippen LogP contribution in [0.3, 0.4) is 0 Å². The Labute approximate surface area is 142 Å². The fourth-order valence-corrected chi connectivity index (χ4v) is 2.30. The molecule has 0 radical (unpaired) electrons. The van der Waals surface area contributed by atoms with Crippen LogP contribution in [0.1, 0.15) is 90.9 Å². The normalized spacial score (nSPS) is 10.9. The lowest BCUT2D eigenvalue weighted by Gasteiger charge is -2.03. The highest BCUT2D eigenvalue weighted by atomic mass is 16.2. The summed E-state index contributed by atoms with van der Waals surface area (Å²) in [6.45, 7) is 7.35. The molecule has 0 saturated heterocycles. The van der Waals surface area contributed by atoms with E-state index < -0.39 is 0 Å². The maximum Gasteiger partial charge on any atom is 0.252 e. The molecule has 3 heteroatoms. The highest BCUT2D eigenvalue weighted by molar-refractivity contribution is 6.03. The van der Waals surface area contributed by atoms with E-state index in [9.17, 15) is 9.59 Å². The van der Waals surface area contributed by atoms with Gasteiger partial charge in [-0.1, -0.05) is 64.2 Å². The number of hydrogen-bond donors (Lipinski definition) is 1. The lowest BCUT2D eigenvalue weighted by Crippen LogP contribution is -2.30. The van der Waals surface area contributed by atoms with Gasteiger partial charge in [0, 0.05) is 12.0 Å². The molecule has 3 nitrogen and oxygen atoms in total. The minimum atomic E-state index is -0.364. The topological polar surface area (TPSA) is 46.2 Å². The predicted molar refractivity (Wildman–Crippen MR) is 98.2 cm³/mol. The third kappa shape index (κ3) is 15.3. The fraction of sp³-hybridized carbons (Fsp3) is 0.700. The van der Waals surface area contributed by atoms with Crippen LogP contribution >= 0.6 is 0 Å². The Kier molecular flexibility index (Phi) is 14.6. The maximum atomic E-state index is 11.5. The second-order valence-electron chi connectivity index (χ2n) is 6.28. The lowest BCUT2D eigenvalue weighted by atomic mass is 10.1. The summed E-state index contributed by atoms with van der Waals surface area (Å²) in [5.41, 5.74) is 0.372. The average Bonchev–Trinajstić information content (AvgIpc) is 2.51. The standard InChI is InChI=1S/C20H35NO2/c1-4-5-6-7-8-9-10-11-12-13-14-15-16-17-19(22)21-20(23)18(2)3/h9-10H,2,4-8,11-17H2,1,3H3,(H,21,22,23). The number of carbonyl (C=O) groups excluding carboxylic acids is 2. The van der Waals surface area contributed by atoms with E-state index in [1.54, 1.807) is 6.92 Å². The number of hydrogen-bond acceptors (Lipinski definition) is 2. The molecular formula is C20H35NO2. The van der Waals surface area contributed by atoms with Gasteiger partial charge in [0.2, 0.25) is 5.91 Å². The molecule has 0 aromatic carbocycles. The number of allylic oxidation sites excluding steroid dienone is 2. The number of carbonyl (C=O) groups is 2. The van der Waals surface area contributed by atoms with E-state index in [0.29, 0.717) is 12.0 Å². The first-order valence-corrected chi connectivity index (χ1v) is 9.22. The van der Waals surface area contributed by atoms with Crippen LogP contribution < -0.4 is 5.32 Å². The molecule has 0 rings (SSSR count). The quantitative estimate of drug-likeness (QED) is 0.262. The van der Waals surface area contributed by atoms with E-state index in [1.165, 1.54) is 51.4 Å². The summed E-state index contributed by atoms with van der Waals surface area (Å²) in [5, 5.41) is 2.34. The molecule has 0 aliphatic rings. The Balaban J connectivity index is 3.33. The van der Waals surface area contributed by atoms with Crippen molar-refractivity contribution in [3.63, 3.8) is 0 Å². The van der Waals surface area contributed by atoms with Gasteiger partial charge in [0.05, 0.1) is 0 Å². The molecule has 2 amide bonds. The van der Waals surface area contributed by atoms with Crippen LogP contribution in [0.15, 0.2) is 24.3 Å². The summed E-state index contributed by atoms with van der Waals surface area (Å²) < 4.78 is 0. The molecule has 0 fully saturated rings. The maximum absolute atomic E-state index is 11.5. The molecule has 132 valence electrons. The Morgan fingerprint density at radius 1 is 0.870 bits per heavy atom. The Morgan fingerprint density at radius 3 is 1.96 bits per heavy atom. The zero-order chi connectivity index (χ0) is 17.3. The van der Waals surface area contributed by atoms with Crippen molar-refractivity contribution in [3.8, 4) is 0 Å². The molecule has 0 heterocycles. The van der Waals surface area contributed by atoms with Crippen LogP contribution in [0.2, 0.25) is 0 Å². The van der Waals surface area contributed by atoms with Gasteiger partial charge in [-0.25, -0.2) is 0 Å². The highest BCUT2D eigenvalue weighted by Crippen LogP contribution is 2.09. The van der Waals surface area contributed by atoms with Crippen molar-refractivity contribution in [2.24, 2.45) is 0 Å². The van der Waals surface area contributed by atoms with E-state index >= 15 is 0 Å². The van der Waals surface area contributed by atoms with Gasteiger partial charge in [0.15, 0.2) is 0 Å². The predicted octanol–water partition coefficient (Wildman–Crippen LogP) is 5.46. The minimum absolute atomic E-state index is 0.191. The van der Waals surface area contributed by atoms with Crippen LogP contribution in [0.4, 0.5) is 0 Å². The highest BCUT2D eigenvalue weighted by Gasteiger charge is 2.07. The van der Waals surface area contributed by atoms with Gasteiger partial charge in [0.25, 0.3) is 5.91 Å². The molecular weight excluding hydrogens is 286 g/mol. The van der Waals surface area contributed by atoms with Crippen molar-refractivity contribution in [2.75, 3.05) is 0 Å². The molecule has 0 spiro atoms. The van der Waals surface area contributed by atoms with Gasteiger partial charge in [-0.15, -0.1) is 0 Å². The molecule has 0 bridgehead atoms. The molecule has 23 heavy (non-hydrogen) atoms. The zero-order valence-corrected chi connectivity index (χ0v) is 15.2. The van der Waals surface area contributed by atoms with Gasteiger partial charge in [-0.05, 0) is 39.0 Å². The molecule has 0 aromatic rings. The Bertz CT molecular complexity index is 372. The zero-order valence-electron chi connectivity index (χ0n) is 15.2. The molecule has 0 unspecified atom stereocenters. The number of nitrogens with one attached hydrogen (secondary N) is 1. The van der Waals surface area contributed by atoms with Crippen molar-refractivity contribution in [2.45, 2.75) is 90.9 Å². The number of amides is 2. The van der Waals surface area contributed by atoms with Crippen LogP contribution in [-0.4, -0.2) is 11.8 Å². The fourth-order valence-electron chi connectivity index (χ4n) is 2.30. The van der Waals surface area contributed by atoms with Crippen LogP contribution in [-0.2, 0) is 9.59 Å². The van der Waals surface area contributed by atoms with Crippen LogP contribution in [0.5, 0.6) is 0 Å².